The zero-order chi connectivity index (χ0) is 12.1. The fraction of sp³-hybridized carbons (Fsp3) is 0.571. The molecule has 0 atom stereocenters. The van der Waals surface area contributed by atoms with Gasteiger partial charge in [0.2, 0.25) is 0 Å². The van der Waals surface area contributed by atoms with Crippen LogP contribution in [0.3, 0.4) is 0 Å². The number of anilines is 1. The third-order valence-electron chi connectivity index (χ3n) is 3.48. The predicted molar refractivity (Wildman–Crippen MR) is 76.8 cm³/mol. The van der Waals surface area contributed by atoms with Crippen LogP contribution in [-0.2, 0) is 6.54 Å². The van der Waals surface area contributed by atoms with Crippen LogP contribution in [0, 0.1) is 0 Å². The third kappa shape index (κ3) is 2.96. The monoisotopic (exact) mass is 250 g/mol. The quantitative estimate of drug-likeness (QED) is 0.835. The molecule has 0 bridgehead atoms. The number of nitrogens with two attached hydrogens (primary N) is 1. The van der Waals surface area contributed by atoms with Gasteiger partial charge in [-0.2, -0.15) is 0 Å². The first-order chi connectivity index (χ1) is 8.36. The van der Waals surface area contributed by atoms with Gasteiger partial charge in [-0.1, -0.05) is 18.9 Å². The molecule has 1 aromatic rings. The van der Waals surface area contributed by atoms with E-state index in [9.17, 15) is 0 Å². The Hall–Kier alpha value is -0.670. The Morgan fingerprint density at radius 1 is 1.18 bits per heavy atom. The smallest absolute Gasteiger partial charge is 0.0423 e. The van der Waals surface area contributed by atoms with Gasteiger partial charge >= 0.3 is 0 Å². The summed E-state index contributed by atoms with van der Waals surface area (Å²) in [5, 5.41) is 0. The van der Waals surface area contributed by atoms with E-state index < -0.39 is 0 Å². The molecule has 0 aliphatic carbocycles. The van der Waals surface area contributed by atoms with Crippen molar-refractivity contribution in [3.63, 3.8) is 0 Å². The van der Waals surface area contributed by atoms with Gasteiger partial charge in [0.1, 0.15) is 0 Å². The molecular weight excluding hydrogens is 228 g/mol. The summed E-state index contributed by atoms with van der Waals surface area (Å²) < 4.78 is 0. The first-order valence-corrected chi connectivity index (χ1v) is 7.70. The minimum Gasteiger partial charge on any atom is -0.371 e. The Bertz CT molecular complexity index is 357. The molecule has 0 spiro atoms. The van der Waals surface area contributed by atoms with E-state index in [0.717, 1.165) is 0 Å². The molecule has 1 fully saturated rings. The fourth-order valence-corrected chi connectivity index (χ4v) is 3.21. The normalized spacial score (nSPS) is 16.9. The molecule has 0 saturated carbocycles. The number of thioether (sulfide) groups is 1. The van der Waals surface area contributed by atoms with E-state index in [-0.39, 0.29) is 0 Å². The van der Waals surface area contributed by atoms with Crippen LogP contribution in [0.2, 0.25) is 0 Å². The summed E-state index contributed by atoms with van der Waals surface area (Å²) in [6.07, 6.45) is 7.50. The summed E-state index contributed by atoms with van der Waals surface area (Å²) in [5.41, 5.74) is 8.62. The Kier molecular flexibility index (Phi) is 4.75. The summed E-state index contributed by atoms with van der Waals surface area (Å²) in [5.74, 6) is 0. The van der Waals surface area contributed by atoms with Crippen LogP contribution in [0.1, 0.15) is 31.2 Å². The van der Waals surface area contributed by atoms with Crippen molar-refractivity contribution < 1.29 is 0 Å². The van der Waals surface area contributed by atoms with Crippen molar-refractivity contribution in [3.8, 4) is 0 Å². The maximum absolute atomic E-state index is 5.93. The largest absolute Gasteiger partial charge is 0.371 e. The molecule has 17 heavy (non-hydrogen) atoms. The van der Waals surface area contributed by atoms with Crippen LogP contribution in [0.25, 0.3) is 0 Å². The van der Waals surface area contributed by atoms with Gasteiger partial charge in [0.15, 0.2) is 0 Å². The highest BCUT2D eigenvalue weighted by molar-refractivity contribution is 7.98. The molecule has 0 unspecified atom stereocenters. The number of hydrogen-bond donors (Lipinski definition) is 1. The number of benzene rings is 1. The van der Waals surface area contributed by atoms with Crippen molar-refractivity contribution in [1.82, 2.24) is 0 Å². The van der Waals surface area contributed by atoms with Gasteiger partial charge in [-0.15, -0.1) is 11.8 Å². The lowest BCUT2D eigenvalue weighted by molar-refractivity contribution is 0.726. The molecule has 2 N–H and O–H groups in total. The fourth-order valence-electron chi connectivity index (χ4n) is 2.56. The molecule has 1 aliphatic rings. The Morgan fingerprint density at radius 3 is 2.47 bits per heavy atom. The molecular formula is C14H22N2S. The minimum atomic E-state index is 0.642. The van der Waals surface area contributed by atoms with Gasteiger partial charge in [0.25, 0.3) is 0 Å². The van der Waals surface area contributed by atoms with Gasteiger partial charge in [0.05, 0.1) is 0 Å². The van der Waals surface area contributed by atoms with E-state index in [1.54, 1.807) is 11.8 Å². The molecule has 94 valence electrons. The standard InChI is InChI=1S/C14H22N2S/c1-17-14-8-6-7-13(12(14)11-15)16-9-4-2-3-5-10-16/h6-8H,2-5,9-11,15H2,1H3. The van der Waals surface area contributed by atoms with Crippen molar-refractivity contribution >= 4 is 17.4 Å². The first-order valence-electron chi connectivity index (χ1n) is 6.47. The van der Waals surface area contributed by atoms with Crippen molar-refractivity contribution in [2.75, 3.05) is 24.2 Å². The van der Waals surface area contributed by atoms with E-state index in [2.05, 4.69) is 29.4 Å². The molecule has 0 amide bonds. The zero-order valence-electron chi connectivity index (χ0n) is 10.6. The maximum atomic E-state index is 5.93. The highest BCUT2D eigenvalue weighted by Gasteiger charge is 2.14. The lowest BCUT2D eigenvalue weighted by atomic mass is 10.1. The summed E-state index contributed by atoms with van der Waals surface area (Å²) >= 11 is 1.80. The molecule has 2 nitrogen and oxygen atoms in total. The van der Waals surface area contributed by atoms with Crippen LogP contribution in [0.15, 0.2) is 23.1 Å². The van der Waals surface area contributed by atoms with Crippen molar-refractivity contribution in [3.05, 3.63) is 23.8 Å². The lowest BCUT2D eigenvalue weighted by Gasteiger charge is -2.26. The number of hydrogen-bond acceptors (Lipinski definition) is 3. The average Bonchev–Trinajstić information content (AvgIpc) is 2.66. The Labute approximate surface area is 109 Å². The average molecular weight is 250 g/mol. The first kappa shape index (κ1) is 12.8. The van der Waals surface area contributed by atoms with Crippen LogP contribution in [0.5, 0.6) is 0 Å². The van der Waals surface area contributed by atoms with E-state index in [4.69, 9.17) is 5.73 Å². The third-order valence-corrected chi connectivity index (χ3v) is 4.30. The Balaban J connectivity index is 2.29. The molecule has 0 radical (unpaired) electrons. The van der Waals surface area contributed by atoms with Gasteiger partial charge in [-0.05, 0) is 31.2 Å². The molecule has 1 aliphatic heterocycles. The molecule has 1 aromatic carbocycles. The van der Waals surface area contributed by atoms with Crippen molar-refractivity contribution in [2.24, 2.45) is 5.73 Å². The van der Waals surface area contributed by atoms with Crippen LogP contribution < -0.4 is 10.6 Å². The van der Waals surface area contributed by atoms with Crippen LogP contribution in [-0.4, -0.2) is 19.3 Å². The molecule has 3 heteroatoms. The van der Waals surface area contributed by atoms with Crippen LogP contribution in [0.4, 0.5) is 5.69 Å². The van der Waals surface area contributed by atoms with Crippen LogP contribution >= 0.6 is 11.8 Å². The number of nitrogens with zero attached hydrogens (tertiary/aromatic N) is 1. The van der Waals surface area contributed by atoms with E-state index in [0.29, 0.717) is 6.54 Å². The van der Waals surface area contributed by atoms with Crippen molar-refractivity contribution in [2.45, 2.75) is 37.1 Å². The summed E-state index contributed by atoms with van der Waals surface area (Å²) in [6.45, 7) is 3.01. The minimum absolute atomic E-state index is 0.642. The van der Waals surface area contributed by atoms with Gasteiger partial charge < -0.3 is 10.6 Å². The second kappa shape index (κ2) is 6.31. The SMILES string of the molecule is CSc1cccc(N2CCCCCC2)c1CN. The topological polar surface area (TPSA) is 29.3 Å². The molecule has 0 aromatic heterocycles. The van der Waals surface area contributed by atoms with Gasteiger partial charge in [0, 0.05) is 35.8 Å². The lowest BCUT2D eigenvalue weighted by Crippen LogP contribution is -2.25. The summed E-state index contributed by atoms with van der Waals surface area (Å²) in [7, 11) is 0. The highest BCUT2D eigenvalue weighted by atomic mass is 32.2. The van der Waals surface area contributed by atoms with E-state index >= 15 is 0 Å². The molecule has 1 saturated heterocycles. The maximum Gasteiger partial charge on any atom is 0.0423 e. The molecule has 1 heterocycles. The summed E-state index contributed by atoms with van der Waals surface area (Å²) in [6, 6.07) is 6.56. The van der Waals surface area contributed by atoms with E-state index in [1.165, 1.54) is 54.9 Å². The second-order valence-corrected chi connectivity index (χ2v) is 5.41. The summed E-state index contributed by atoms with van der Waals surface area (Å²) in [4.78, 5) is 3.85. The second-order valence-electron chi connectivity index (χ2n) is 4.56. The number of rotatable bonds is 3. The van der Waals surface area contributed by atoms with E-state index in [1.807, 2.05) is 0 Å². The van der Waals surface area contributed by atoms with Crippen molar-refractivity contribution in [1.29, 1.82) is 0 Å². The highest BCUT2D eigenvalue weighted by Crippen LogP contribution is 2.30. The Morgan fingerprint density at radius 2 is 1.88 bits per heavy atom. The zero-order valence-corrected chi connectivity index (χ0v) is 11.4. The predicted octanol–water partition coefficient (Wildman–Crippen LogP) is 3.25. The van der Waals surface area contributed by atoms with Gasteiger partial charge in [-0.3, -0.25) is 0 Å². The molecule has 2 rings (SSSR count). The van der Waals surface area contributed by atoms with Gasteiger partial charge in [-0.25, -0.2) is 0 Å².